The molecule has 1 unspecified atom stereocenters. The Morgan fingerprint density at radius 2 is 2.06 bits per heavy atom. The van der Waals surface area contributed by atoms with Crippen molar-refractivity contribution in [3.8, 4) is 0 Å². The Balaban J connectivity index is 1.41. The van der Waals surface area contributed by atoms with Gasteiger partial charge in [0.25, 0.3) is 5.91 Å². The number of para-hydroxylation sites is 1. The first kappa shape index (κ1) is 23.9. The van der Waals surface area contributed by atoms with Gasteiger partial charge >= 0.3 is 0 Å². The molecule has 0 bridgehead atoms. The third-order valence-electron chi connectivity index (χ3n) is 4.75. The number of carbonyl (C=O) groups is 2. The average Bonchev–Trinajstić information content (AvgIpc) is 3.41. The number of aromatic nitrogens is 4. The first-order valence-corrected chi connectivity index (χ1v) is 12.5. The van der Waals surface area contributed by atoms with Crippen LogP contribution in [-0.4, -0.2) is 37.3 Å². The number of hydrogen-bond donors (Lipinski definition) is 2. The normalized spacial score (nSPS) is 11.8. The Hall–Kier alpha value is -3.21. The van der Waals surface area contributed by atoms with E-state index in [-0.39, 0.29) is 17.6 Å². The molecule has 0 saturated heterocycles. The summed E-state index contributed by atoms with van der Waals surface area (Å²) in [6.07, 6.45) is 1.71. The summed E-state index contributed by atoms with van der Waals surface area (Å²) in [5, 5.41) is 15.8. The lowest BCUT2D eigenvalue weighted by Crippen LogP contribution is -2.28. The van der Waals surface area contributed by atoms with E-state index < -0.39 is 6.04 Å². The molecule has 2 amide bonds. The molecule has 0 aliphatic rings. The predicted octanol–water partition coefficient (Wildman–Crippen LogP) is 4.95. The molecule has 4 aromatic rings. The number of thiazole rings is 1. The first-order chi connectivity index (χ1) is 16.4. The summed E-state index contributed by atoms with van der Waals surface area (Å²) in [4.78, 5) is 29.5. The van der Waals surface area contributed by atoms with E-state index in [9.17, 15) is 9.59 Å². The highest BCUT2D eigenvalue weighted by molar-refractivity contribution is 7.99. The SMILES string of the molecule is C=CCn1c(SCC(=O)Nc2nc3ccccc3s2)nnc1C(C)NC(=O)c1cccc(Cl)c1. The quantitative estimate of drug-likeness (QED) is 0.243. The van der Waals surface area contributed by atoms with Crippen LogP contribution < -0.4 is 10.6 Å². The van der Waals surface area contributed by atoms with Gasteiger partial charge in [-0.3, -0.25) is 9.59 Å². The smallest absolute Gasteiger partial charge is 0.251 e. The van der Waals surface area contributed by atoms with Gasteiger partial charge in [0.15, 0.2) is 16.1 Å². The summed E-state index contributed by atoms with van der Waals surface area (Å²) >= 11 is 8.66. The van der Waals surface area contributed by atoms with Crippen molar-refractivity contribution < 1.29 is 9.59 Å². The van der Waals surface area contributed by atoms with E-state index in [2.05, 4.69) is 32.4 Å². The lowest BCUT2D eigenvalue weighted by atomic mass is 10.2. The van der Waals surface area contributed by atoms with E-state index in [1.165, 1.54) is 23.1 Å². The second kappa shape index (κ2) is 10.8. The van der Waals surface area contributed by atoms with Crippen molar-refractivity contribution in [2.75, 3.05) is 11.1 Å². The van der Waals surface area contributed by atoms with Crippen LogP contribution in [0.25, 0.3) is 10.2 Å². The van der Waals surface area contributed by atoms with Crippen molar-refractivity contribution in [3.05, 3.63) is 77.6 Å². The van der Waals surface area contributed by atoms with Crippen molar-refractivity contribution >= 4 is 61.9 Å². The van der Waals surface area contributed by atoms with Crippen LogP contribution in [0, 0.1) is 0 Å². The van der Waals surface area contributed by atoms with Crippen molar-refractivity contribution in [1.82, 2.24) is 25.1 Å². The van der Waals surface area contributed by atoms with Crippen molar-refractivity contribution in [2.45, 2.75) is 24.7 Å². The Kier molecular flexibility index (Phi) is 7.61. The molecule has 2 heterocycles. The number of amides is 2. The number of rotatable bonds is 9. The number of allylic oxidation sites excluding steroid dienone is 1. The molecule has 0 fully saturated rings. The van der Waals surface area contributed by atoms with Crippen molar-refractivity contribution in [2.24, 2.45) is 0 Å². The largest absolute Gasteiger partial charge is 0.342 e. The second-order valence-electron chi connectivity index (χ2n) is 7.27. The highest BCUT2D eigenvalue weighted by atomic mass is 35.5. The number of anilines is 1. The molecule has 34 heavy (non-hydrogen) atoms. The fourth-order valence-electron chi connectivity index (χ4n) is 3.21. The number of halogens is 1. The van der Waals surface area contributed by atoms with Crippen LogP contribution in [0.15, 0.2) is 66.3 Å². The fourth-order valence-corrected chi connectivity index (χ4v) is 5.04. The summed E-state index contributed by atoms with van der Waals surface area (Å²) in [7, 11) is 0. The van der Waals surface area contributed by atoms with Gasteiger partial charge in [-0.1, -0.05) is 59.0 Å². The molecular weight excluding hydrogens is 492 g/mol. The Morgan fingerprint density at radius 3 is 2.82 bits per heavy atom. The van der Waals surface area contributed by atoms with Gasteiger partial charge in [-0.25, -0.2) is 4.98 Å². The van der Waals surface area contributed by atoms with E-state index >= 15 is 0 Å². The number of fused-ring (bicyclic) bond motifs is 1. The number of thioether (sulfide) groups is 1. The van der Waals surface area contributed by atoms with Crippen LogP contribution in [0.2, 0.25) is 5.02 Å². The number of carbonyl (C=O) groups excluding carboxylic acids is 2. The Morgan fingerprint density at radius 1 is 1.24 bits per heavy atom. The minimum absolute atomic E-state index is 0.133. The predicted molar refractivity (Wildman–Crippen MR) is 137 cm³/mol. The molecule has 0 aliphatic heterocycles. The minimum atomic E-state index is -0.426. The number of benzene rings is 2. The third-order valence-corrected chi connectivity index (χ3v) is 6.91. The molecule has 0 spiro atoms. The Labute approximate surface area is 209 Å². The van der Waals surface area contributed by atoms with Crippen molar-refractivity contribution in [3.63, 3.8) is 0 Å². The van der Waals surface area contributed by atoms with Gasteiger partial charge < -0.3 is 15.2 Å². The minimum Gasteiger partial charge on any atom is -0.342 e. The Bertz CT molecular complexity index is 1320. The number of hydrogen-bond acceptors (Lipinski definition) is 7. The maximum Gasteiger partial charge on any atom is 0.251 e. The van der Waals surface area contributed by atoms with Gasteiger partial charge in [-0.15, -0.1) is 16.8 Å². The maximum absolute atomic E-state index is 12.6. The van der Waals surface area contributed by atoms with Gasteiger partial charge in [-0.05, 0) is 37.3 Å². The average molecular weight is 513 g/mol. The van der Waals surface area contributed by atoms with Gasteiger partial charge in [0, 0.05) is 17.1 Å². The van der Waals surface area contributed by atoms with Gasteiger partial charge in [0.1, 0.15) is 0 Å². The van der Waals surface area contributed by atoms with Gasteiger partial charge in [0.05, 0.1) is 22.0 Å². The third kappa shape index (κ3) is 5.64. The summed E-state index contributed by atoms with van der Waals surface area (Å²) in [5.74, 6) is 0.229. The summed E-state index contributed by atoms with van der Waals surface area (Å²) < 4.78 is 2.83. The molecule has 2 aromatic heterocycles. The highest BCUT2D eigenvalue weighted by Crippen LogP contribution is 2.26. The zero-order valence-corrected chi connectivity index (χ0v) is 20.6. The van der Waals surface area contributed by atoms with E-state index in [0.717, 1.165) is 10.2 Å². The molecule has 8 nitrogen and oxygen atoms in total. The molecule has 1 atom stereocenters. The topological polar surface area (TPSA) is 102 Å². The van der Waals surface area contributed by atoms with Gasteiger partial charge in [0.2, 0.25) is 5.91 Å². The van der Waals surface area contributed by atoms with Crippen LogP contribution in [0.5, 0.6) is 0 Å². The maximum atomic E-state index is 12.6. The zero-order valence-electron chi connectivity index (χ0n) is 18.2. The highest BCUT2D eigenvalue weighted by Gasteiger charge is 2.21. The van der Waals surface area contributed by atoms with Crippen LogP contribution in [0.3, 0.4) is 0 Å². The summed E-state index contributed by atoms with van der Waals surface area (Å²) in [5.41, 5.74) is 1.30. The van der Waals surface area contributed by atoms with E-state index in [1.807, 2.05) is 35.8 Å². The first-order valence-electron chi connectivity index (χ1n) is 10.3. The molecule has 0 aliphatic carbocycles. The van der Waals surface area contributed by atoms with Crippen molar-refractivity contribution in [1.29, 1.82) is 0 Å². The number of nitrogens with one attached hydrogen (secondary N) is 2. The van der Waals surface area contributed by atoms with Gasteiger partial charge in [-0.2, -0.15) is 0 Å². The molecule has 2 N–H and O–H groups in total. The van der Waals surface area contributed by atoms with Crippen LogP contribution in [0.1, 0.15) is 29.1 Å². The summed E-state index contributed by atoms with van der Waals surface area (Å²) in [6, 6.07) is 14.0. The molecule has 4 rings (SSSR count). The zero-order chi connectivity index (χ0) is 24.1. The molecule has 0 saturated carbocycles. The van der Waals surface area contributed by atoms with E-state index in [4.69, 9.17) is 11.6 Å². The van der Waals surface area contributed by atoms with Crippen LogP contribution in [0.4, 0.5) is 5.13 Å². The second-order valence-corrected chi connectivity index (χ2v) is 9.68. The lowest BCUT2D eigenvalue weighted by Gasteiger charge is -2.15. The standard InChI is InChI=1S/C23H21ClN6O2S2/c1-3-11-30-20(14(2)25-21(32)15-7-6-8-16(24)12-15)28-29-23(30)33-13-19(31)27-22-26-17-9-4-5-10-18(17)34-22/h3-10,12,14H,1,11,13H2,2H3,(H,25,32)(H,26,27,31). The monoisotopic (exact) mass is 512 g/mol. The molecule has 2 aromatic carbocycles. The fraction of sp³-hybridized carbons (Fsp3) is 0.174. The molecular formula is C23H21ClN6O2S2. The molecule has 174 valence electrons. The van der Waals surface area contributed by atoms with Crippen LogP contribution in [-0.2, 0) is 11.3 Å². The van der Waals surface area contributed by atoms with E-state index in [1.54, 1.807) is 30.3 Å². The molecule has 0 radical (unpaired) electrons. The molecule has 11 heteroatoms. The van der Waals surface area contributed by atoms with E-state index in [0.29, 0.717) is 33.2 Å². The number of nitrogens with zero attached hydrogens (tertiary/aromatic N) is 4. The van der Waals surface area contributed by atoms with Crippen LogP contribution >= 0.6 is 34.7 Å². The lowest BCUT2D eigenvalue weighted by molar-refractivity contribution is -0.113. The summed E-state index contributed by atoms with van der Waals surface area (Å²) in [6.45, 7) is 6.05.